The first kappa shape index (κ1) is 18.2. The molecule has 1 fully saturated rings. The smallest absolute Gasteiger partial charge is 0.310 e. The Labute approximate surface area is 158 Å². The van der Waals surface area contributed by atoms with Gasteiger partial charge in [-0.25, -0.2) is 0 Å². The lowest BCUT2D eigenvalue weighted by molar-refractivity contribution is -0.151. The molecule has 3 nitrogen and oxygen atoms in total. The molecule has 1 heterocycles. The average Bonchev–Trinajstić information content (AvgIpc) is 2.60. The van der Waals surface area contributed by atoms with E-state index < -0.39 is 0 Å². The summed E-state index contributed by atoms with van der Waals surface area (Å²) in [6.07, 6.45) is 1.87. The van der Waals surface area contributed by atoms with E-state index in [0.29, 0.717) is 5.02 Å². The normalized spacial score (nSPS) is 18.1. The van der Waals surface area contributed by atoms with Gasteiger partial charge in [-0.2, -0.15) is 0 Å². The Bertz CT molecular complexity index is 735. The molecule has 5 heteroatoms. The van der Waals surface area contributed by atoms with E-state index in [1.54, 1.807) is 0 Å². The number of benzene rings is 2. The van der Waals surface area contributed by atoms with Crippen LogP contribution in [0.5, 0.6) is 0 Å². The van der Waals surface area contributed by atoms with E-state index in [1.807, 2.05) is 42.5 Å². The number of likely N-dealkylation sites (tertiary alicyclic amines) is 1. The van der Waals surface area contributed by atoms with Crippen LogP contribution in [0.1, 0.15) is 24.0 Å². The van der Waals surface area contributed by atoms with E-state index >= 15 is 0 Å². The minimum absolute atomic E-state index is 0.0767. The number of carbonyl (C=O) groups excluding carboxylic acids is 1. The molecule has 0 radical (unpaired) electrons. The predicted molar refractivity (Wildman–Crippen MR) is 101 cm³/mol. The van der Waals surface area contributed by atoms with Gasteiger partial charge in [0.25, 0.3) is 0 Å². The van der Waals surface area contributed by atoms with Gasteiger partial charge in [0, 0.05) is 23.1 Å². The highest BCUT2D eigenvalue weighted by Crippen LogP contribution is 2.21. The van der Waals surface area contributed by atoms with Crippen molar-refractivity contribution in [1.82, 2.24) is 4.90 Å². The van der Waals surface area contributed by atoms with Gasteiger partial charge in [0.15, 0.2) is 0 Å². The number of piperidine rings is 1. The highest BCUT2D eigenvalue weighted by atomic mass is 35.5. The van der Waals surface area contributed by atoms with Crippen molar-refractivity contribution in [3.63, 3.8) is 0 Å². The van der Waals surface area contributed by atoms with Crippen LogP contribution in [-0.4, -0.2) is 24.0 Å². The van der Waals surface area contributed by atoms with Crippen LogP contribution >= 0.6 is 23.2 Å². The van der Waals surface area contributed by atoms with Crippen LogP contribution < -0.4 is 0 Å². The Morgan fingerprint density at radius 3 is 2.48 bits per heavy atom. The van der Waals surface area contributed by atoms with E-state index in [4.69, 9.17) is 27.9 Å². The van der Waals surface area contributed by atoms with Crippen LogP contribution in [0.2, 0.25) is 10.0 Å². The third-order valence-corrected chi connectivity index (χ3v) is 4.87. The number of halogens is 2. The van der Waals surface area contributed by atoms with Gasteiger partial charge in [-0.1, -0.05) is 47.5 Å². The average molecular weight is 378 g/mol. The van der Waals surface area contributed by atoms with Crippen molar-refractivity contribution in [3.05, 3.63) is 69.7 Å². The summed E-state index contributed by atoms with van der Waals surface area (Å²) in [5.74, 6) is -0.206. The minimum atomic E-state index is -0.129. The van der Waals surface area contributed by atoms with Crippen molar-refractivity contribution >= 4 is 29.2 Å². The number of rotatable bonds is 5. The zero-order valence-electron chi connectivity index (χ0n) is 14.0. The van der Waals surface area contributed by atoms with Gasteiger partial charge in [0.1, 0.15) is 6.61 Å². The monoisotopic (exact) mass is 377 g/mol. The Hall–Kier alpha value is -1.55. The highest BCUT2D eigenvalue weighted by molar-refractivity contribution is 6.30. The van der Waals surface area contributed by atoms with Crippen LogP contribution in [0.25, 0.3) is 0 Å². The number of esters is 1. The van der Waals surface area contributed by atoms with Crippen molar-refractivity contribution in [3.8, 4) is 0 Å². The molecule has 0 aliphatic carbocycles. The first-order valence-electron chi connectivity index (χ1n) is 8.48. The first-order chi connectivity index (χ1) is 12.1. The van der Waals surface area contributed by atoms with Crippen molar-refractivity contribution < 1.29 is 9.53 Å². The van der Waals surface area contributed by atoms with E-state index in [2.05, 4.69) is 11.0 Å². The molecule has 25 heavy (non-hydrogen) atoms. The summed E-state index contributed by atoms with van der Waals surface area (Å²) in [5, 5.41) is 1.39. The maximum Gasteiger partial charge on any atom is 0.310 e. The van der Waals surface area contributed by atoms with Gasteiger partial charge in [0.05, 0.1) is 5.92 Å². The molecule has 1 aliphatic heterocycles. The second-order valence-corrected chi connectivity index (χ2v) is 7.31. The molecule has 1 aliphatic rings. The van der Waals surface area contributed by atoms with Crippen molar-refractivity contribution in [1.29, 1.82) is 0 Å². The Balaban J connectivity index is 1.52. The molecule has 1 saturated heterocycles. The number of carbonyl (C=O) groups is 1. The maximum atomic E-state index is 12.4. The molecule has 2 aromatic rings. The van der Waals surface area contributed by atoms with E-state index in [-0.39, 0.29) is 18.5 Å². The Kier molecular flexibility index (Phi) is 6.35. The van der Waals surface area contributed by atoms with Gasteiger partial charge in [-0.05, 0) is 54.8 Å². The fraction of sp³-hybridized carbons (Fsp3) is 0.350. The largest absolute Gasteiger partial charge is 0.461 e. The van der Waals surface area contributed by atoms with Crippen molar-refractivity contribution in [2.75, 3.05) is 13.1 Å². The molecule has 132 valence electrons. The molecule has 0 aromatic heterocycles. The summed E-state index contributed by atoms with van der Waals surface area (Å²) in [6.45, 7) is 2.79. The van der Waals surface area contributed by atoms with Crippen LogP contribution in [0.3, 0.4) is 0 Å². The fourth-order valence-corrected chi connectivity index (χ4v) is 3.61. The van der Waals surface area contributed by atoms with Gasteiger partial charge < -0.3 is 4.74 Å². The fourth-order valence-electron chi connectivity index (χ4n) is 3.18. The quantitative estimate of drug-likeness (QED) is 0.690. The minimum Gasteiger partial charge on any atom is -0.461 e. The SMILES string of the molecule is O=C(OCc1cccc(Cl)c1)[C@@H]1CCCN(Cc2cccc(Cl)c2)C1. The molecule has 3 rings (SSSR count). The summed E-state index contributed by atoms with van der Waals surface area (Å²) in [4.78, 5) is 14.7. The molecule has 0 bridgehead atoms. The van der Waals surface area contributed by atoms with E-state index in [1.165, 1.54) is 5.56 Å². The van der Waals surface area contributed by atoms with Crippen LogP contribution in [0.15, 0.2) is 48.5 Å². The van der Waals surface area contributed by atoms with Crippen LogP contribution in [-0.2, 0) is 22.7 Å². The second-order valence-electron chi connectivity index (χ2n) is 6.44. The summed E-state index contributed by atoms with van der Waals surface area (Å²) in [5.41, 5.74) is 2.08. The predicted octanol–water partition coefficient (Wildman–Crippen LogP) is 4.95. The second kappa shape index (κ2) is 8.70. The standard InChI is InChI=1S/C20H21Cl2NO2/c21-18-7-1-4-15(10-18)12-23-9-3-6-17(13-23)20(24)25-14-16-5-2-8-19(22)11-16/h1-2,4-5,7-8,10-11,17H,3,6,9,12-14H2/t17-/m1/s1. The lowest BCUT2D eigenvalue weighted by Gasteiger charge is -2.31. The number of nitrogens with zero attached hydrogens (tertiary/aromatic N) is 1. The number of ether oxygens (including phenoxy) is 1. The number of hydrogen-bond acceptors (Lipinski definition) is 3. The van der Waals surface area contributed by atoms with Crippen molar-refractivity contribution in [2.45, 2.75) is 26.0 Å². The lowest BCUT2D eigenvalue weighted by Crippen LogP contribution is -2.38. The van der Waals surface area contributed by atoms with Gasteiger partial charge in [-0.3, -0.25) is 9.69 Å². The lowest BCUT2D eigenvalue weighted by atomic mass is 9.97. The highest BCUT2D eigenvalue weighted by Gasteiger charge is 2.27. The molecular weight excluding hydrogens is 357 g/mol. The van der Waals surface area contributed by atoms with Crippen LogP contribution in [0.4, 0.5) is 0 Å². The summed E-state index contributed by atoms with van der Waals surface area (Å²) in [7, 11) is 0. The zero-order valence-corrected chi connectivity index (χ0v) is 15.5. The molecule has 0 N–H and O–H groups in total. The Morgan fingerprint density at radius 2 is 1.76 bits per heavy atom. The van der Waals surface area contributed by atoms with Crippen molar-refractivity contribution in [2.24, 2.45) is 5.92 Å². The maximum absolute atomic E-state index is 12.4. The van der Waals surface area contributed by atoms with Gasteiger partial charge in [-0.15, -0.1) is 0 Å². The van der Waals surface area contributed by atoms with Gasteiger partial charge in [0.2, 0.25) is 0 Å². The van der Waals surface area contributed by atoms with E-state index in [9.17, 15) is 4.79 Å². The summed E-state index contributed by atoms with van der Waals surface area (Å²) in [6, 6.07) is 15.3. The van der Waals surface area contributed by atoms with E-state index in [0.717, 1.165) is 43.1 Å². The summed E-state index contributed by atoms with van der Waals surface area (Å²) >= 11 is 12.0. The van der Waals surface area contributed by atoms with Gasteiger partial charge >= 0.3 is 5.97 Å². The third-order valence-electron chi connectivity index (χ3n) is 4.40. The topological polar surface area (TPSA) is 29.5 Å². The Morgan fingerprint density at radius 1 is 1.08 bits per heavy atom. The molecule has 2 aromatic carbocycles. The molecule has 0 amide bonds. The first-order valence-corrected chi connectivity index (χ1v) is 9.23. The molecule has 1 atom stereocenters. The molecule has 0 spiro atoms. The summed E-state index contributed by atoms with van der Waals surface area (Å²) < 4.78 is 5.49. The molecule has 0 saturated carbocycles. The zero-order chi connectivity index (χ0) is 17.6. The number of hydrogen-bond donors (Lipinski definition) is 0. The molecule has 0 unspecified atom stereocenters. The van der Waals surface area contributed by atoms with Crippen LogP contribution in [0, 0.1) is 5.92 Å². The molecular formula is C20H21Cl2NO2. The third kappa shape index (κ3) is 5.46.